The number of aliphatic carboxylic acids is 1. The van der Waals surface area contributed by atoms with Gasteiger partial charge in [0.1, 0.15) is 23.6 Å². The van der Waals surface area contributed by atoms with Gasteiger partial charge in [0.25, 0.3) is 5.91 Å². The molecule has 0 saturated carbocycles. The summed E-state index contributed by atoms with van der Waals surface area (Å²) in [6.07, 6.45) is 1.02. The first-order chi connectivity index (χ1) is 18.7. The van der Waals surface area contributed by atoms with E-state index in [1.165, 1.54) is 6.21 Å². The van der Waals surface area contributed by atoms with Crippen molar-refractivity contribution < 1.29 is 29.0 Å². The average Bonchev–Trinajstić information content (AvgIpc) is 3.13. The van der Waals surface area contributed by atoms with Gasteiger partial charge in [0.2, 0.25) is 5.91 Å². The van der Waals surface area contributed by atoms with Crippen LogP contribution >= 0.6 is 0 Å². The monoisotopic (exact) mass is 529 g/mol. The highest BCUT2D eigenvalue weighted by Crippen LogP contribution is 2.29. The minimum absolute atomic E-state index is 0.420. The van der Waals surface area contributed by atoms with Crippen molar-refractivity contribution in [2.45, 2.75) is 24.9 Å². The fourth-order valence-corrected chi connectivity index (χ4v) is 4.25. The van der Waals surface area contributed by atoms with Gasteiger partial charge < -0.3 is 26.3 Å². The summed E-state index contributed by atoms with van der Waals surface area (Å²) in [7, 11) is 0. The lowest BCUT2D eigenvalue weighted by atomic mass is 9.91. The number of hydrogen-bond donors (Lipinski definition) is 4. The van der Waals surface area contributed by atoms with E-state index in [-0.39, 0.29) is 0 Å². The van der Waals surface area contributed by atoms with Crippen LogP contribution in [0.5, 0.6) is 11.5 Å². The molecule has 200 valence electrons. The van der Waals surface area contributed by atoms with Crippen LogP contribution in [0.3, 0.4) is 0 Å². The molecule has 0 radical (unpaired) electrons. The molecule has 1 fully saturated rings. The van der Waals surface area contributed by atoms with E-state index in [0.717, 1.165) is 4.90 Å². The van der Waals surface area contributed by atoms with Crippen molar-refractivity contribution >= 4 is 30.0 Å². The van der Waals surface area contributed by atoms with E-state index in [0.29, 0.717) is 28.2 Å². The predicted octanol–water partition coefficient (Wildman–Crippen LogP) is 2.87. The lowest BCUT2D eigenvalue weighted by Gasteiger charge is -2.23. The summed E-state index contributed by atoms with van der Waals surface area (Å²) >= 11 is 0. The van der Waals surface area contributed by atoms with E-state index < -0.39 is 48.4 Å². The number of urea groups is 1. The zero-order valence-corrected chi connectivity index (χ0v) is 21.0. The van der Waals surface area contributed by atoms with E-state index >= 15 is 0 Å². The number of ether oxygens (including phenoxy) is 1. The Morgan fingerprint density at radius 2 is 1.77 bits per heavy atom. The van der Waals surface area contributed by atoms with E-state index in [1.54, 1.807) is 67.6 Å². The number of hydrogen-bond acceptors (Lipinski definition) is 7. The van der Waals surface area contributed by atoms with Gasteiger partial charge in [0, 0.05) is 0 Å². The molecule has 1 aliphatic heterocycles. The molecule has 39 heavy (non-hydrogen) atoms. The number of carboxylic acid groups (broad SMARTS) is 1. The van der Waals surface area contributed by atoms with E-state index in [1.807, 2.05) is 18.2 Å². The van der Waals surface area contributed by atoms with Crippen LogP contribution in [0.15, 0.2) is 84.0 Å². The van der Waals surface area contributed by atoms with E-state index in [9.17, 15) is 24.3 Å². The number of amides is 4. The van der Waals surface area contributed by atoms with Gasteiger partial charge in [-0.1, -0.05) is 54.6 Å². The number of hydrazone groups is 1. The third-order valence-electron chi connectivity index (χ3n) is 6.24. The maximum Gasteiger partial charge on any atom is 0.325 e. The van der Waals surface area contributed by atoms with Crippen LogP contribution in [0.2, 0.25) is 0 Å². The number of carboxylic acids is 1. The Hall–Kier alpha value is -5.19. The number of carbonyl (C=O) groups is 4. The second-order valence-electron chi connectivity index (χ2n) is 9.05. The Bertz CT molecular complexity index is 1410. The van der Waals surface area contributed by atoms with Gasteiger partial charge in [0.15, 0.2) is 0 Å². The topological polar surface area (TPSA) is 163 Å². The molecule has 2 unspecified atom stereocenters. The van der Waals surface area contributed by atoms with Crippen LogP contribution in [0.1, 0.15) is 36.1 Å². The first-order valence-corrected chi connectivity index (χ1v) is 12.0. The zero-order chi connectivity index (χ0) is 28.0. The van der Waals surface area contributed by atoms with Crippen LogP contribution in [0, 0.1) is 0 Å². The number of nitrogens with two attached hydrogens (primary N) is 1. The van der Waals surface area contributed by atoms with Gasteiger partial charge in [-0.05, 0) is 47.9 Å². The Morgan fingerprint density at radius 3 is 2.44 bits per heavy atom. The molecule has 0 spiro atoms. The Morgan fingerprint density at radius 1 is 1.08 bits per heavy atom. The van der Waals surface area contributed by atoms with Crippen molar-refractivity contribution in [1.82, 2.24) is 15.5 Å². The fourth-order valence-electron chi connectivity index (χ4n) is 4.25. The SMILES string of the molecule is CC1(c2ccc(C=NN)cc2)NC(=O)N(CC(=O)NC(CC(=O)O)c2cccc(Oc3ccccc3)c2)C1=O. The summed E-state index contributed by atoms with van der Waals surface area (Å²) < 4.78 is 5.82. The summed E-state index contributed by atoms with van der Waals surface area (Å²) in [6.45, 7) is 0.955. The van der Waals surface area contributed by atoms with Crippen LogP contribution < -0.4 is 21.2 Å². The number of carbonyl (C=O) groups excluding carboxylic acids is 3. The van der Waals surface area contributed by atoms with Crippen LogP contribution in [0.25, 0.3) is 0 Å². The van der Waals surface area contributed by atoms with Crippen molar-refractivity contribution in [3.8, 4) is 11.5 Å². The predicted molar refractivity (Wildman–Crippen MR) is 142 cm³/mol. The lowest BCUT2D eigenvalue weighted by molar-refractivity contribution is -0.138. The molecule has 4 rings (SSSR count). The molecule has 11 nitrogen and oxygen atoms in total. The molecular weight excluding hydrogens is 502 g/mol. The minimum atomic E-state index is -1.39. The number of nitrogens with zero attached hydrogens (tertiary/aromatic N) is 2. The van der Waals surface area contributed by atoms with Crippen molar-refractivity contribution in [2.24, 2.45) is 10.9 Å². The molecule has 1 aliphatic rings. The zero-order valence-electron chi connectivity index (χ0n) is 21.0. The van der Waals surface area contributed by atoms with Crippen molar-refractivity contribution in [3.05, 3.63) is 95.6 Å². The summed E-state index contributed by atoms with van der Waals surface area (Å²) in [5.41, 5.74) is 0.319. The molecule has 0 aromatic heterocycles. The number of nitrogens with one attached hydrogen (secondary N) is 2. The number of para-hydroxylation sites is 1. The van der Waals surface area contributed by atoms with Crippen LogP contribution in [0.4, 0.5) is 4.79 Å². The molecule has 0 aliphatic carbocycles. The van der Waals surface area contributed by atoms with Crippen molar-refractivity contribution in [3.63, 3.8) is 0 Å². The second-order valence-corrected chi connectivity index (χ2v) is 9.05. The number of rotatable bonds is 10. The standard InChI is InChI=1S/C28H27N5O6/c1-28(20-12-10-18(11-13-20)16-30-29)26(37)33(27(38)32-28)17-24(34)31-23(15-25(35)36)19-6-5-9-22(14-19)39-21-7-3-2-4-8-21/h2-14,16,23H,15,17,29H2,1H3,(H,31,34)(H,32,38)(H,35,36). The van der Waals surface area contributed by atoms with Crippen molar-refractivity contribution in [1.29, 1.82) is 0 Å². The molecule has 3 aromatic rings. The third-order valence-corrected chi connectivity index (χ3v) is 6.24. The third kappa shape index (κ3) is 6.21. The molecule has 3 aromatic carbocycles. The fraction of sp³-hybridized carbons (Fsp3) is 0.179. The summed E-state index contributed by atoms with van der Waals surface area (Å²) in [6, 6.07) is 20.8. The molecule has 5 N–H and O–H groups in total. The molecule has 2 atom stereocenters. The Kier molecular flexibility index (Phi) is 7.90. The van der Waals surface area contributed by atoms with Crippen LogP contribution in [-0.4, -0.2) is 46.6 Å². The maximum atomic E-state index is 13.2. The molecule has 1 saturated heterocycles. The van der Waals surface area contributed by atoms with Gasteiger partial charge in [-0.15, -0.1) is 0 Å². The molecule has 1 heterocycles. The molecule has 4 amide bonds. The summed E-state index contributed by atoms with van der Waals surface area (Å²) in [5.74, 6) is 3.76. The highest BCUT2D eigenvalue weighted by Gasteiger charge is 2.49. The highest BCUT2D eigenvalue weighted by atomic mass is 16.5. The van der Waals surface area contributed by atoms with Crippen molar-refractivity contribution in [2.75, 3.05) is 6.54 Å². The van der Waals surface area contributed by atoms with Gasteiger partial charge in [0.05, 0.1) is 18.7 Å². The molecule has 11 heteroatoms. The van der Waals surface area contributed by atoms with E-state index in [4.69, 9.17) is 10.6 Å². The normalized spacial score (nSPS) is 17.6. The second kappa shape index (κ2) is 11.5. The molecule has 0 bridgehead atoms. The Balaban J connectivity index is 1.48. The van der Waals surface area contributed by atoms with E-state index in [2.05, 4.69) is 15.7 Å². The van der Waals surface area contributed by atoms with Gasteiger partial charge in [-0.3, -0.25) is 19.3 Å². The quantitative estimate of drug-likeness (QED) is 0.136. The van der Waals surface area contributed by atoms with Gasteiger partial charge in [-0.2, -0.15) is 5.10 Å². The largest absolute Gasteiger partial charge is 0.481 e. The van der Waals surface area contributed by atoms with Crippen LogP contribution in [-0.2, 0) is 19.9 Å². The summed E-state index contributed by atoms with van der Waals surface area (Å²) in [5, 5.41) is 18.2. The highest BCUT2D eigenvalue weighted by molar-refractivity contribution is 6.09. The minimum Gasteiger partial charge on any atom is -0.481 e. The first-order valence-electron chi connectivity index (χ1n) is 12.0. The number of imide groups is 1. The van der Waals surface area contributed by atoms with Gasteiger partial charge >= 0.3 is 12.0 Å². The lowest BCUT2D eigenvalue weighted by Crippen LogP contribution is -2.44. The number of benzene rings is 3. The maximum absolute atomic E-state index is 13.2. The Labute approximate surface area is 224 Å². The first kappa shape index (κ1) is 26.9. The van der Waals surface area contributed by atoms with Gasteiger partial charge in [-0.25, -0.2) is 4.79 Å². The summed E-state index contributed by atoms with van der Waals surface area (Å²) in [4.78, 5) is 51.3. The molecular formula is C28H27N5O6. The smallest absolute Gasteiger partial charge is 0.325 e. The average molecular weight is 530 g/mol.